The number of fused-ring (bicyclic) bond motifs is 1. The lowest BCUT2D eigenvalue weighted by atomic mass is 10.1. The van der Waals surface area contributed by atoms with Crippen LogP contribution >= 0.6 is 0 Å². The van der Waals surface area contributed by atoms with Gasteiger partial charge in [0.05, 0.1) is 31.5 Å². The number of rotatable bonds is 8. The molecule has 1 atom stereocenters. The van der Waals surface area contributed by atoms with Gasteiger partial charge in [-0.15, -0.1) is 0 Å². The molecule has 164 valence electrons. The molecule has 2 aromatic heterocycles. The van der Waals surface area contributed by atoms with E-state index in [1.54, 1.807) is 39.3 Å². The molecule has 0 radical (unpaired) electrons. The fraction of sp³-hybridized carbons (Fsp3) is 0.381. The van der Waals surface area contributed by atoms with E-state index in [1.807, 2.05) is 13.8 Å². The van der Waals surface area contributed by atoms with Crippen molar-refractivity contribution >= 4 is 17.7 Å². The Morgan fingerprint density at radius 2 is 1.90 bits per heavy atom. The number of hydrogen-bond donors (Lipinski definition) is 1. The van der Waals surface area contributed by atoms with E-state index in [-0.39, 0.29) is 11.5 Å². The van der Waals surface area contributed by atoms with Gasteiger partial charge in [0.2, 0.25) is 0 Å². The van der Waals surface area contributed by atoms with E-state index in [1.165, 1.54) is 17.0 Å². The molecule has 10 nitrogen and oxygen atoms in total. The van der Waals surface area contributed by atoms with Crippen LogP contribution in [0.4, 0.5) is 0 Å². The van der Waals surface area contributed by atoms with E-state index in [0.29, 0.717) is 23.0 Å². The van der Waals surface area contributed by atoms with Gasteiger partial charge in [0.1, 0.15) is 17.8 Å². The number of methoxy groups -OCH3 is 2. The van der Waals surface area contributed by atoms with Gasteiger partial charge in [0, 0.05) is 11.8 Å². The van der Waals surface area contributed by atoms with E-state index >= 15 is 0 Å². The summed E-state index contributed by atoms with van der Waals surface area (Å²) < 4.78 is 17.3. The largest absolute Gasteiger partial charge is 0.497 e. The molecule has 0 saturated heterocycles. The number of hydrogen-bond acceptors (Lipinski definition) is 8. The molecule has 0 saturated carbocycles. The first-order chi connectivity index (χ1) is 14.8. The van der Waals surface area contributed by atoms with Gasteiger partial charge in [-0.25, -0.2) is 14.3 Å². The lowest BCUT2D eigenvalue weighted by molar-refractivity contribution is -0.124. The summed E-state index contributed by atoms with van der Waals surface area (Å²) >= 11 is 0. The SMILES string of the molecule is COc1ccc(OC)c(C(C)NC(=O)COC(=O)c2cnc3ncnn3c2C(C)C)c1. The number of amides is 1. The highest BCUT2D eigenvalue weighted by atomic mass is 16.5. The Balaban J connectivity index is 1.68. The Hall–Kier alpha value is -3.69. The third-order valence-electron chi connectivity index (χ3n) is 4.73. The number of benzene rings is 1. The lowest BCUT2D eigenvalue weighted by Crippen LogP contribution is -2.31. The summed E-state index contributed by atoms with van der Waals surface area (Å²) in [7, 11) is 3.11. The molecule has 0 aliphatic heterocycles. The standard InChI is InChI=1S/C21H25N5O5/c1-12(2)19-16(9-22-21-23-11-24-26(19)21)20(28)31-10-18(27)25-13(3)15-8-14(29-4)6-7-17(15)30-5/h6-9,11-13H,10H2,1-5H3,(H,25,27). The van der Waals surface area contributed by atoms with Crippen molar-refractivity contribution in [3.63, 3.8) is 0 Å². The van der Waals surface area contributed by atoms with Crippen molar-refractivity contribution in [2.45, 2.75) is 32.7 Å². The van der Waals surface area contributed by atoms with E-state index < -0.39 is 24.5 Å². The van der Waals surface area contributed by atoms with Crippen LogP contribution < -0.4 is 14.8 Å². The predicted molar refractivity (Wildman–Crippen MR) is 111 cm³/mol. The molecule has 0 fully saturated rings. The van der Waals surface area contributed by atoms with E-state index in [9.17, 15) is 9.59 Å². The minimum atomic E-state index is -0.657. The molecular weight excluding hydrogens is 402 g/mol. The van der Waals surface area contributed by atoms with Crippen LogP contribution in [0, 0.1) is 0 Å². The Morgan fingerprint density at radius 1 is 1.13 bits per heavy atom. The molecule has 1 aromatic carbocycles. The van der Waals surface area contributed by atoms with E-state index in [4.69, 9.17) is 14.2 Å². The topological polar surface area (TPSA) is 117 Å². The summed E-state index contributed by atoms with van der Waals surface area (Å²) in [6.45, 7) is 5.20. The Bertz CT molecular complexity index is 1090. The van der Waals surface area contributed by atoms with Gasteiger partial charge in [-0.3, -0.25) is 4.79 Å². The van der Waals surface area contributed by atoms with Gasteiger partial charge >= 0.3 is 5.97 Å². The van der Waals surface area contributed by atoms with Crippen LogP contribution in [0.15, 0.2) is 30.7 Å². The maximum absolute atomic E-state index is 12.6. The van der Waals surface area contributed by atoms with Gasteiger partial charge in [-0.1, -0.05) is 13.8 Å². The maximum atomic E-state index is 12.6. The van der Waals surface area contributed by atoms with Gasteiger partial charge in [-0.05, 0) is 31.0 Å². The predicted octanol–water partition coefficient (Wildman–Crippen LogP) is 2.30. The second kappa shape index (κ2) is 9.41. The second-order valence-corrected chi connectivity index (χ2v) is 7.16. The van der Waals surface area contributed by atoms with Crippen molar-refractivity contribution in [3.05, 3.63) is 47.5 Å². The fourth-order valence-electron chi connectivity index (χ4n) is 3.26. The lowest BCUT2D eigenvalue weighted by Gasteiger charge is -2.18. The number of carbonyl (C=O) groups is 2. The van der Waals surface area contributed by atoms with Crippen LogP contribution in [-0.4, -0.2) is 52.3 Å². The monoisotopic (exact) mass is 427 g/mol. The molecule has 31 heavy (non-hydrogen) atoms. The average Bonchev–Trinajstić information content (AvgIpc) is 3.24. The number of nitrogens with one attached hydrogen (secondary N) is 1. The summed E-state index contributed by atoms with van der Waals surface area (Å²) in [4.78, 5) is 33.2. The van der Waals surface area contributed by atoms with Gasteiger partial charge in [-0.2, -0.15) is 10.1 Å². The number of esters is 1. The van der Waals surface area contributed by atoms with Crippen molar-refractivity contribution in [2.24, 2.45) is 0 Å². The summed E-state index contributed by atoms with van der Waals surface area (Å²) in [5.41, 5.74) is 1.59. The van der Waals surface area contributed by atoms with Crippen LogP contribution in [0.3, 0.4) is 0 Å². The first-order valence-electron chi connectivity index (χ1n) is 9.72. The molecule has 0 aliphatic carbocycles. The number of ether oxygens (including phenoxy) is 3. The van der Waals surface area contributed by atoms with Crippen LogP contribution in [0.5, 0.6) is 11.5 Å². The smallest absolute Gasteiger partial charge is 0.342 e. The van der Waals surface area contributed by atoms with Gasteiger partial charge in [0.25, 0.3) is 11.7 Å². The molecule has 3 rings (SSSR count). The minimum Gasteiger partial charge on any atom is -0.497 e. The van der Waals surface area contributed by atoms with Crippen molar-refractivity contribution in [1.29, 1.82) is 0 Å². The quantitative estimate of drug-likeness (QED) is 0.544. The summed E-state index contributed by atoms with van der Waals surface area (Å²) in [6.07, 6.45) is 2.76. The molecule has 10 heteroatoms. The average molecular weight is 427 g/mol. The third kappa shape index (κ3) is 4.73. The zero-order chi connectivity index (χ0) is 22.5. The zero-order valence-electron chi connectivity index (χ0n) is 18.1. The van der Waals surface area contributed by atoms with Crippen LogP contribution in [0.1, 0.15) is 54.3 Å². The van der Waals surface area contributed by atoms with Gasteiger partial charge < -0.3 is 19.5 Å². The molecule has 3 aromatic rings. The highest BCUT2D eigenvalue weighted by Crippen LogP contribution is 2.29. The summed E-state index contributed by atoms with van der Waals surface area (Å²) in [6, 6.07) is 4.92. The first kappa shape index (κ1) is 22.0. The number of aromatic nitrogens is 4. The highest BCUT2D eigenvalue weighted by molar-refractivity contribution is 5.92. The van der Waals surface area contributed by atoms with Crippen LogP contribution in [0.25, 0.3) is 5.78 Å². The minimum absolute atomic E-state index is 0.0378. The number of carbonyl (C=O) groups excluding carboxylic acids is 2. The zero-order valence-corrected chi connectivity index (χ0v) is 18.1. The maximum Gasteiger partial charge on any atom is 0.342 e. The second-order valence-electron chi connectivity index (χ2n) is 7.16. The summed E-state index contributed by atoms with van der Waals surface area (Å²) in [5.74, 6) is 0.491. The fourth-order valence-corrected chi connectivity index (χ4v) is 3.26. The molecular formula is C21H25N5O5. The Labute approximate surface area is 179 Å². The van der Waals surface area contributed by atoms with E-state index in [2.05, 4.69) is 20.4 Å². The van der Waals surface area contributed by atoms with Crippen LogP contribution in [0.2, 0.25) is 0 Å². The third-order valence-corrected chi connectivity index (χ3v) is 4.73. The van der Waals surface area contributed by atoms with Crippen molar-refractivity contribution in [2.75, 3.05) is 20.8 Å². The van der Waals surface area contributed by atoms with Gasteiger partial charge in [0.15, 0.2) is 6.61 Å². The van der Waals surface area contributed by atoms with Crippen molar-refractivity contribution in [3.8, 4) is 11.5 Å². The molecule has 1 amide bonds. The Morgan fingerprint density at radius 3 is 2.58 bits per heavy atom. The molecule has 2 heterocycles. The molecule has 0 spiro atoms. The normalized spacial score (nSPS) is 11.9. The van der Waals surface area contributed by atoms with E-state index in [0.717, 1.165) is 5.56 Å². The molecule has 0 aliphatic rings. The molecule has 1 N–H and O–H groups in total. The van der Waals surface area contributed by atoms with Crippen LogP contribution in [-0.2, 0) is 9.53 Å². The molecule has 0 bridgehead atoms. The highest BCUT2D eigenvalue weighted by Gasteiger charge is 2.22. The first-order valence-corrected chi connectivity index (χ1v) is 9.72. The van der Waals surface area contributed by atoms with Crippen molar-refractivity contribution < 1.29 is 23.8 Å². The summed E-state index contributed by atoms with van der Waals surface area (Å²) in [5, 5.41) is 6.91. The molecule has 1 unspecified atom stereocenters. The Kier molecular flexibility index (Phi) is 6.68. The van der Waals surface area contributed by atoms with Crippen molar-refractivity contribution in [1.82, 2.24) is 24.9 Å². The number of nitrogens with zero attached hydrogens (tertiary/aromatic N) is 4.